The van der Waals surface area contributed by atoms with Crippen molar-refractivity contribution in [2.24, 2.45) is 0 Å². The predicted octanol–water partition coefficient (Wildman–Crippen LogP) is 3.69. The molecule has 0 radical (unpaired) electrons. The number of amides is 1. The molecule has 8 heteroatoms. The molecule has 0 fully saturated rings. The van der Waals surface area contributed by atoms with Crippen molar-refractivity contribution in [1.29, 1.82) is 5.26 Å². The maximum Gasteiger partial charge on any atom is 0.416 e. The van der Waals surface area contributed by atoms with E-state index >= 15 is 0 Å². The van der Waals surface area contributed by atoms with E-state index in [2.05, 4.69) is 4.98 Å². The van der Waals surface area contributed by atoms with Crippen molar-refractivity contribution in [3.8, 4) is 6.07 Å². The monoisotopic (exact) mass is 337 g/mol. The summed E-state index contributed by atoms with van der Waals surface area (Å²) in [6.07, 6.45) is -4.52. The van der Waals surface area contributed by atoms with Gasteiger partial charge in [-0.1, -0.05) is 0 Å². The van der Waals surface area contributed by atoms with Gasteiger partial charge in [0.25, 0.3) is 5.91 Å². The molecule has 0 aliphatic carbocycles. The average Bonchev–Trinajstić information content (AvgIpc) is 3.01. The van der Waals surface area contributed by atoms with Gasteiger partial charge in [0.15, 0.2) is 0 Å². The lowest BCUT2D eigenvalue weighted by molar-refractivity contribution is -0.137. The standard InChI is InChI=1S/C15H10F3N3OS/c1-8-7-23-13(20-8)6-21-12(5-19)11-4-9(15(16,17)18)2-3-10(11)14(21)22/h2-4,7,12H,6H2,1H3. The van der Waals surface area contributed by atoms with E-state index in [1.54, 1.807) is 6.92 Å². The second-order valence-electron chi connectivity index (χ2n) is 5.15. The van der Waals surface area contributed by atoms with E-state index in [4.69, 9.17) is 0 Å². The van der Waals surface area contributed by atoms with Crippen LogP contribution >= 0.6 is 11.3 Å². The number of carbonyl (C=O) groups is 1. The highest BCUT2D eigenvalue weighted by Gasteiger charge is 2.40. The van der Waals surface area contributed by atoms with E-state index < -0.39 is 23.7 Å². The zero-order chi connectivity index (χ0) is 16.8. The Balaban J connectivity index is 1.99. The number of aromatic nitrogens is 1. The van der Waals surface area contributed by atoms with Crippen LogP contribution in [0.3, 0.4) is 0 Å². The molecule has 2 aromatic rings. The number of nitrogens with zero attached hydrogens (tertiary/aromatic N) is 3. The Labute approximate surface area is 133 Å². The van der Waals surface area contributed by atoms with Crippen LogP contribution in [-0.2, 0) is 12.7 Å². The molecule has 3 rings (SSSR count). The molecule has 1 atom stereocenters. The number of alkyl halides is 3. The SMILES string of the molecule is Cc1csc(CN2C(=O)c3ccc(C(F)(F)F)cc3C2C#N)n1. The van der Waals surface area contributed by atoms with Gasteiger partial charge in [-0.05, 0) is 25.1 Å². The normalized spacial score (nSPS) is 17.3. The molecule has 2 heterocycles. The zero-order valence-corrected chi connectivity index (χ0v) is 12.7. The quantitative estimate of drug-likeness (QED) is 0.840. The summed E-state index contributed by atoms with van der Waals surface area (Å²) >= 11 is 1.34. The third-order valence-corrected chi connectivity index (χ3v) is 4.52. The molecule has 1 aliphatic rings. The number of carbonyl (C=O) groups excluding carboxylic acids is 1. The van der Waals surface area contributed by atoms with Gasteiger partial charge in [0.1, 0.15) is 11.0 Å². The third-order valence-electron chi connectivity index (χ3n) is 3.57. The van der Waals surface area contributed by atoms with Crippen molar-refractivity contribution in [1.82, 2.24) is 9.88 Å². The molecule has 1 aliphatic heterocycles. The van der Waals surface area contributed by atoms with Crippen molar-refractivity contribution >= 4 is 17.2 Å². The first-order valence-electron chi connectivity index (χ1n) is 6.64. The molecule has 0 spiro atoms. The summed E-state index contributed by atoms with van der Waals surface area (Å²) in [6.45, 7) is 1.91. The van der Waals surface area contributed by atoms with Crippen molar-refractivity contribution in [3.05, 3.63) is 51.0 Å². The molecule has 0 saturated carbocycles. The lowest BCUT2D eigenvalue weighted by Crippen LogP contribution is -2.26. The molecular formula is C15H10F3N3OS. The van der Waals surface area contributed by atoms with Gasteiger partial charge in [0, 0.05) is 22.2 Å². The van der Waals surface area contributed by atoms with Crippen LogP contribution in [0.5, 0.6) is 0 Å². The first-order chi connectivity index (χ1) is 10.8. The molecule has 1 amide bonds. The van der Waals surface area contributed by atoms with Gasteiger partial charge in [-0.3, -0.25) is 4.79 Å². The summed E-state index contributed by atoms with van der Waals surface area (Å²) in [7, 11) is 0. The minimum atomic E-state index is -4.52. The number of hydrogen-bond donors (Lipinski definition) is 0. The van der Waals surface area contributed by atoms with E-state index in [9.17, 15) is 23.2 Å². The number of thiazole rings is 1. The zero-order valence-electron chi connectivity index (χ0n) is 11.9. The summed E-state index contributed by atoms with van der Waals surface area (Å²) in [5.74, 6) is -0.451. The summed E-state index contributed by atoms with van der Waals surface area (Å²) in [6, 6.07) is 3.77. The van der Waals surface area contributed by atoms with Crippen molar-refractivity contribution < 1.29 is 18.0 Å². The summed E-state index contributed by atoms with van der Waals surface area (Å²) in [4.78, 5) is 17.9. The van der Waals surface area contributed by atoms with E-state index in [0.717, 1.165) is 23.9 Å². The minimum Gasteiger partial charge on any atom is -0.312 e. The van der Waals surface area contributed by atoms with Crippen LogP contribution in [0.25, 0.3) is 0 Å². The number of rotatable bonds is 2. The fraction of sp³-hybridized carbons (Fsp3) is 0.267. The van der Waals surface area contributed by atoms with E-state index in [0.29, 0.717) is 5.01 Å². The number of benzene rings is 1. The Kier molecular flexibility index (Phi) is 3.60. The second-order valence-corrected chi connectivity index (χ2v) is 6.09. The van der Waals surface area contributed by atoms with Crippen molar-refractivity contribution in [3.63, 3.8) is 0 Å². The van der Waals surface area contributed by atoms with Gasteiger partial charge in [-0.2, -0.15) is 18.4 Å². The predicted molar refractivity (Wildman–Crippen MR) is 76.5 cm³/mol. The Hall–Kier alpha value is -2.40. The van der Waals surface area contributed by atoms with Gasteiger partial charge >= 0.3 is 6.18 Å². The highest BCUT2D eigenvalue weighted by Crippen LogP contribution is 2.38. The third kappa shape index (κ3) is 2.68. The molecule has 1 unspecified atom stereocenters. The smallest absolute Gasteiger partial charge is 0.312 e. The first kappa shape index (κ1) is 15.5. The number of aryl methyl sites for hydroxylation is 1. The Bertz CT molecular complexity index is 822. The summed E-state index contributed by atoms with van der Waals surface area (Å²) < 4.78 is 38.5. The molecular weight excluding hydrogens is 327 g/mol. The van der Waals surface area contributed by atoms with Crippen LogP contribution in [0.15, 0.2) is 23.6 Å². The topological polar surface area (TPSA) is 57.0 Å². The fourth-order valence-corrected chi connectivity index (χ4v) is 3.29. The largest absolute Gasteiger partial charge is 0.416 e. The molecule has 1 aromatic heterocycles. The molecule has 23 heavy (non-hydrogen) atoms. The highest BCUT2D eigenvalue weighted by molar-refractivity contribution is 7.09. The Morgan fingerprint density at radius 2 is 2.17 bits per heavy atom. The van der Waals surface area contributed by atoms with E-state index in [1.165, 1.54) is 16.2 Å². The van der Waals surface area contributed by atoms with Crippen LogP contribution in [0.1, 0.15) is 38.2 Å². The molecule has 4 nitrogen and oxygen atoms in total. The van der Waals surface area contributed by atoms with Crippen LogP contribution in [-0.4, -0.2) is 15.8 Å². The maximum absolute atomic E-state index is 12.8. The lowest BCUT2D eigenvalue weighted by Gasteiger charge is -2.18. The van der Waals surface area contributed by atoms with Crippen LogP contribution in [0.2, 0.25) is 0 Å². The van der Waals surface area contributed by atoms with Crippen molar-refractivity contribution in [2.75, 3.05) is 0 Å². The highest BCUT2D eigenvalue weighted by atomic mass is 32.1. The lowest BCUT2D eigenvalue weighted by atomic mass is 10.0. The van der Waals surface area contributed by atoms with E-state index in [-0.39, 0.29) is 17.7 Å². The second kappa shape index (κ2) is 5.35. The average molecular weight is 337 g/mol. The molecule has 118 valence electrons. The molecule has 0 bridgehead atoms. The van der Waals surface area contributed by atoms with Gasteiger partial charge in [0.05, 0.1) is 18.2 Å². The van der Waals surface area contributed by atoms with Crippen LogP contribution < -0.4 is 0 Å². The Morgan fingerprint density at radius 1 is 1.43 bits per heavy atom. The molecule has 1 aromatic carbocycles. The van der Waals surface area contributed by atoms with Gasteiger partial charge in [-0.25, -0.2) is 4.98 Å². The summed E-state index contributed by atoms with van der Waals surface area (Å²) in [5, 5.41) is 11.8. The fourth-order valence-electron chi connectivity index (χ4n) is 2.52. The molecule has 0 saturated heterocycles. The Morgan fingerprint density at radius 3 is 2.74 bits per heavy atom. The van der Waals surface area contributed by atoms with Crippen LogP contribution in [0.4, 0.5) is 13.2 Å². The minimum absolute atomic E-state index is 0.0978. The number of hydrogen-bond acceptors (Lipinski definition) is 4. The number of halogens is 3. The van der Waals surface area contributed by atoms with Gasteiger partial charge in [0.2, 0.25) is 0 Å². The van der Waals surface area contributed by atoms with E-state index in [1.807, 2.05) is 11.4 Å². The summed E-state index contributed by atoms with van der Waals surface area (Å²) in [5.41, 5.74) is 0.164. The van der Waals surface area contributed by atoms with Crippen molar-refractivity contribution in [2.45, 2.75) is 25.7 Å². The molecule has 0 N–H and O–H groups in total. The van der Waals surface area contributed by atoms with Gasteiger partial charge in [-0.15, -0.1) is 11.3 Å². The number of nitriles is 1. The number of fused-ring (bicyclic) bond motifs is 1. The van der Waals surface area contributed by atoms with Crippen LogP contribution in [0, 0.1) is 18.3 Å². The first-order valence-corrected chi connectivity index (χ1v) is 7.52. The maximum atomic E-state index is 12.8. The van der Waals surface area contributed by atoms with Gasteiger partial charge < -0.3 is 4.90 Å².